The number of nitrogens with one attached hydrogen (secondary N) is 1. The summed E-state index contributed by atoms with van der Waals surface area (Å²) in [6.07, 6.45) is 3.64. The predicted molar refractivity (Wildman–Crippen MR) is 168 cm³/mol. The summed E-state index contributed by atoms with van der Waals surface area (Å²) in [5, 5.41) is 3.03. The van der Waals surface area contributed by atoms with Crippen LogP contribution in [0.4, 0.5) is 5.69 Å². The lowest BCUT2D eigenvalue weighted by atomic mass is 10.0. The van der Waals surface area contributed by atoms with E-state index in [0.717, 1.165) is 35.8 Å². The molecule has 8 nitrogen and oxygen atoms in total. The van der Waals surface area contributed by atoms with Crippen LogP contribution in [0.3, 0.4) is 0 Å². The van der Waals surface area contributed by atoms with Crippen molar-refractivity contribution in [3.63, 3.8) is 0 Å². The van der Waals surface area contributed by atoms with Crippen molar-refractivity contribution in [1.82, 2.24) is 10.2 Å². The molecule has 0 saturated carbocycles. The largest absolute Gasteiger partial charge is 0.495 e. The van der Waals surface area contributed by atoms with E-state index in [0.29, 0.717) is 24.4 Å². The van der Waals surface area contributed by atoms with Gasteiger partial charge in [0.15, 0.2) is 0 Å². The molecule has 0 radical (unpaired) electrons. The van der Waals surface area contributed by atoms with Gasteiger partial charge in [-0.3, -0.25) is 13.9 Å². The number of aryl methyl sites for hydroxylation is 1. The molecule has 1 N–H and O–H groups in total. The standard InChI is InChI=1S/C33H43N3O5S/c1-5-6-22-34-33(38)30(24-27-13-8-7-9-14-27)35(25-28-20-18-26(2)19-21-28)32(37)17-12-23-36(42(4,39)40)29-15-10-11-16-31(29)41-3/h7-11,13-16,18-21,30H,5-6,12,17,22-25H2,1-4H3,(H,34,38)/t30-/m0/s1. The zero-order chi connectivity index (χ0) is 30.5. The first kappa shape index (κ1) is 32.7. The predicted octanol–water partition coefficient (Wildman–Crippen LogP) is 5.11. The average Bonchev–Trinajstić information content (AvgIpc) is 2.98. The third-order valence-electron chi connectivity index (χ3n) is 7.08. The van der Waals surface area contributed by atoms with Gasteiger partial charge in [0.25, 0.3) is 0 Å². The van der Waals surface area contributed by atoms with E-state index in [1.165, 1.54) is 11.4 Å². The van der Waals surface area contributed by atoms with Crippen LogP contribution in [0.15, 0.2) is 78.9 Å². The normalized spacial score (nSPS) is 11.9. The number of benzene rings is 3. The highest BCUT2D eigenvalue weighted by Crippen LogP contribution is 2.30. The minimum Gasteiger partial charge on any atom is -0.495 e. The fourth-order valence-corrected chi connectivity index (χ4v) is 5.74. The van der Waals surface area contributed by atoms with Gasteiger partial charge in [0.2, 0.25) is 21.8 Å². The topological polar surface area (TPSA) is 96.0 Å². The van der Waals surface area contributed by atoms with Crippen molar-refractivity contribution in [3.8, 4) is 5.75 Å². The van der Waals surface area contributed by atoms with Crippen LogP contribution in [-0.4, -0.2) is 57.6 Å². The van der Waals surface area contributed by atoms with Gasteiger partial charge in [0.1, 0.15) is 11.8 Å². The molecule has 2 amide bonds. The number of hydrogen-bond acceptors (Lipinski definition) is 5. The van der Waals surface area contributed by atoms with E-state index in [4.69, 9.17) is 4.74 Å². The molecule has 9 heteroatoms. The van der Waals surface area contributed by atoms with E-state index in [1.54, 1.807) is 29.2 Å². The number of carbonyl (C=O) groups excluding carboxylic acids is 2. The van der Waals surface area contributed by atoms with Gasteiger partial charge < -0.3 is 15.0 Å². The third-order valence-corrected chi connectivity index (χ3v) is 8.26. The average molecular weight is 594 g/mol. The van der Waals surface area contributed by atoms with Crippen LogP contribution >= 0.6 is 0 Å². The number of unbranched alkanes of at least 4 members (excludes halogenated alkanes) is 1. The highest BCUT2D eigenvalue weighted by Gasteiger charge is 2.30. The van der Waals surface area contributed by atoms with Crippen molar-refractivity contribution < 1.29 is 22.7 Å². The molecule has 0 aliphatic heterocycles. The van der Waals surface area contributed by atoms with Crippen LogP contribution in [0.2, 0.25) is 0 Å². The number of hydrogen-bond donors (Lipinski definition) is 1. The van der Waals surface area contributed by atoms with Gasteiger partial charge in [-0.05, 0) is 43.0 Å². The molecule has 0 bridgehead atoms. The second-order valence-electron chi connectivity index (χ2n) is 10.5. The maximum absolute atomic E-state index is 13.9. The van der Waals surface area contributed by atoms with Crippen LogP contribution in [0.5, 0.6) is 5.75 Å². The summed E-state index contributed by atoms with van der Waals surface area (Å²) in [6.45, 7) is 4.96. The summed E-state index contributed by atoms with van der Waals surface area (Å²) in [5.74, 6) is 0.0251. The minimum absolute atomic E-state index is 0.0700. The van der Waals surface area contributed by atoms with Crippen molar-refractivity contribution in [2.24, 2.45) is 0 Å². The van der Waals surface area contributed by atoms with E-state index in [2.05, 4.69) is 12.2 Å². The summed E-state index contributed by atoms with van der Waals surface area (Å²) in [6, 6.07) is 23.8. The summed E-state index contributed by atoms with van der Waals surface area (Å²) >= 11 is 0. The second kappa shape index (κ2) is 16.0. The number of ether oxygens (including phenoxy) is 1. The maximum atomic E-state index is 13.9. The lowest BCUT2D eigenvalue weighted by molar-refractivity contribution is -0.141. The monoisotopic (exact) mass is 593 g/mol. The smallest absolute Gasteiger partial charge is 0.243 e. The molecule has 0 unspecified atom stereocenters. The van der Waals surface area contributed by atoms with Crippen molar-refractivity contribution >= 4 is 27.5 Å². The summed E-state index contributed by atoms with van der Waals surface area (Å²) in [7, 11) is -2.15. The molecule has 0 fully saturated rings. The van der Waals surface area contributed by atoms with E-state index in [-0.39, 0.29) is 37.7 Å². The molecule has 42 heavy (non-hydrogen) atoms. The number of amides is 2. The van der Waals surface area contributed by atoms with Crippen LogP contribution in [-0.2, 0) is 32.6 Å². The molecule has 3 aromatic carbocycles. The van der Waals surface area contributed by atoms with Gasteiger partial charge in [0, 0.05) is 32.5 Å². The molecular formula is C33H43N3O5S. The Bertz CT molecular complexity index is 1390. The Morgan fingerprint density at radius 2 is 1.57 bits per heavy atom. The van der Waals surface area contributed by atoms with E-state index >= 15 is 0 Å². The van der Waals surface area contributed by atoms with Gasteiger partial charge in [-0.15, -0.1) is 0 Å². The zero-order valence-corrected chi connectivity index (χ0v) is 25.9. The van der Waals surface area contributed by atoms with Crippen LogP contribution in [0.25, 0.3) is 0 Å². The van der Waals surface area contributed by atoms with Crippen LogP contribution < -0.4 is 14.4 Å². The number of carbonyl (C=O) groups is 2. The van der Waals surface area contributed by atoms with Crippen LogP contribution in [0, 0.1) is 6.92 Å². The van der Waals surface area contributed by atoms with Gasteiger partial charge in [0.05, 0.1) is 19.1 Å². The number of rotatable bonds is 16. The molecular weight excluding hydrogens is 550 g/mol. The molecule has 0 aliphatic carbocycles. The highest BCUT2D eigenvalue weighted by molar-refractivity contribution is 7.92. The number of methoxy groups -OCH3 is 1. The molecule has 0 aliphatic rings. The SMILES string of the molecule is CCCCNC(=O)[C@H](Cc1ccccc1)N(Cc1ccc(C)cc1)C(=O)CCCN(c1ccccc1OC)S(C)(=O)=O. The Morgan fingerprint density at radius 1 is 0.905 bits per heavy atom. The lowest BCUT2D eigenvalue weighted by Gasteiger charge is -2.32. The fourth-order valence-electron chi connectivity index (χ4n) is 4.77. The van der Waals surface area contributed by atoms with Crippen molar-refractivity contribution in [1.29, 1.82) is 0 Å². The van der Waals surface area contributed by atoms with Crippen molar-refractivity contribution in [2.75, 3.05) is 30.8 Å². The number of nitrogens with zero attached hydrogens (tertiary/aromatic N) is 2. The van der Waals surface area contributed by atoms with Gasteiger partial charge in [-0.1, -0.05) is 85.6 Å². The molecule has 3 aromatic rings. The lowest BCUT2D eigenvalue weighted by Crippen LogP contribution is -2.50. The Balaban J connectivity index is 1.88. The third kappa shape index (κ3) is 9.62. The summed E-state index contributed by atoms with van der Waals surface area (Å²) < 4.78 is 32.1. The number of para-hydroxylation sites is 2. The van der Waals surface area contributed by atoms with E-state index in [9.17, 15) is 18.0 Å². The van der Waals surface area contributed by atoms with Gasteiger partial charge in [-0.2, -0.15) is 0 Å². The molecule has 3 rings (SSSR count). The van der Waals surface area contributed by atoms with Crippen LogP contribution in [0.1, 0.15) is 49.3 Å². The van der Waals surface area contributed by atoms with Crippen molar-refractivity contribution in [3.05, 3.63) is 95.6 Å². The van der Waals surface area contributed by atoms with Crippen molar-refractivity contribution in [2.45, 2.75) is 58.5 Å². The highest BCUT2D eigenvalue weighted by atomic mass is 32.2. The Hall–Kier alpha value is -3.85. The molecule has 0 aromatic heterocycles. The first-order chi connectivity index (χ1) is 20.1. The Kier molecular flexibility index (Phi) is 12.4. The van der Waals surface area contributed by atoms with Gasteiger partial charge >= 0.3 is 0 Å². The maximum Gasteiger partial charge on any atom is 0.243 e. The second-order valence-corrected chi connectivity index (χ2v) is 12.4. The first-order valence-electron chi connectivity index (χ1n) is 14.4. The Morgan fingerprint density at radius 3 is 2.21 bits per heavy atom. The first-order valence-corrected chi connectivity index (χ1v) is 16.3. The number of anilines is 1. The molecule has 1 atom stereocenters. The minimum atomic E-state index is -3.64. The Labute approximate surface area is 250 Å². The summed E-state index contributed by atoms with van der Waals surface area (Å²) in [4.78, 5) is 29.1. The van der Waals surface area contributed by atoms with Gasteiger partial charge in [-0.25, -0.2) is 8.42 Å². The number of sulfonamides is 1. The van der Waals surface area contributed by atoms with E-state index in [1.807, 2.05) is 61.5 Å². The quantitative estimate of drug-likeness (QED) is 0.233. The van der Waals surface area contributed by atoms with E-state index < -0.39 is 16.1 Å². The molecule has 0 heterocycles. The summed E-state index contributed by atoms with van der Waals surface area (Å²) in [5.41, 5.74) is 3.39. The zero-order valence-electron chi connectivity index (χ0n) is 25.1. The molecule has 0 saturated heterocycles. The molecule has 226 valence electrons. The fraction of sp³-hybridized carbons (Fsp3) is 0.394. The molecule has 0 spiro atoms.